The highest BCUT2D eigenvalue weighted by molar-refractivity contribution is 6.12. The Morgan fingerprint density at radius 3 is 2.40 bits per heavy atom. The Balaban J connectivity index is 1.64. The molecule has 268 valence electrons. The molecule has 0 aromatic heterocycles. The highest BCUT2D eigenvalue weighted by Crippen LogP contribution is 2.30. The Hall–Kier alpha value is -2.41. The number of imide groups is 1. The first-order valence-corrected chi connectivity index (χ1v) is 17.1. The number of carbonyl (C=O) groups excluding carboxylic acids is 3. The first-order chi connectivity index (χ1) is 22.2. The molecule has 1 saturated heterocycles. The van der Waals surface area contributed by atoms with Crippen LogP contribution in [0.25, 0.3) is 0 Å². The number of rotatable bonds is 22. The zero-order valence-electron chi connectivity index (χ0n) is 29.9. The van der Waals surface area contributed by atoms with Crippen LogP contribution in [0.1, 0.15) is 80.6 Å². The standard InChI is InChI=1S/C36H60N2O9/c1-25(23-36(6,7)47-29(5)35(43-8)28(4)39)11-9-12-26(2)34-27(3)13-14-30(46-34)24-37-31(40)17-20-45-22-21-44-19-10-18-38-32(41)15-16-33(38)42/h9,11-12,15-16,25,27-30,34-35,39H,10,13-14,17-24H2,1-8H3,(H,37,40)/b11-9+,26-12+/t25-,27+,28-,29?,30-,34-,35+/m1/s1. The summed E-state index contributed by atoms with van der Waals surface area (Å²) in [5.74, 6) is 0.0198. The summed E-state index contributed by atoms with van der Waals surface area (Å²) in [7, 11) is 1.59. The van der Waals surface area contributed by atoms with Gasteiger partial charge in [-0.15, -0.1) is 0 Å². The quantitative estimate of drug-likeness (QED) is 0.0996. The zero-order chi connectivity index (χ0) is 35.0. The zero-order valence-corrected chi connectivity index (χ0v) is 29.9. The molecule has 1 fully saturated rings. The molecular weight excluding hydrogens is 604 g/mol. The van der Waals surface area contributed by atoms with Crippen LogP contribution in [0.2, 0.25) is 0 Å². The molecule has 2 aliphatic heterocycles. The number of aliphatic hydroxyl groups excluding tert-OH is 1. The Morgan fingerprint density at radius 2 is 1.77 bits per heavy atom. The third kappa shape index (κ3) is 15.1. The van der Waals surface area contributed by atoms with E-state index in [0.29, 0.717) is 51.9 Å². The first kappa shape index (κ1) is 40.8. The molecule has 0 aliphatic carbocycles. The van der Waals surface area contributed by atoms with Crippen molar-refractivity contribution < 1.29 is 43.2 Å². The molecule has 2 heterocycles. The van der Waals surface area contributed by atoms with Crippen molar-refractivity contribution in [3.05, 3.63) is 36.0 Å². The topological polar surface area (TPSA) is 133 Å². The van der Waals surface area contributed by atoms with Crippen LogP contribution in [0, 0.1) is 11.8 Å². The third-order valence-corrected chi connectivity index (χ3v) is 8.52. The summed E-state index contributed by atoms with van der Waals surface area (Å²) in [5, 5.41) is 12.9. The number of nitrogens with zero attached hydrogens (tertiary/aromatic N) is 1. The molecule has 1 unspecified atom stereocenters. The van der Waals surface area contributed by atoms with Gasteiger partial charge in [0.15, 0.2) is 0 Å². The summed E-state index contributed by atoms with van der Waals surface area (Å²) in [6, 6.07) is 0. The maximum Gasteiger partial charge on any atom is 0.253 e. The number of amides is 3. The summed E-state index contributed by atoms with van der Waals surface area (Å²) in [4.78, 5) is 36.6. The van der Waals surface area contributed by atoms with Gasteiger partial charge in [0.2, 0.25) is 5.91 Å². The van der Waals surface area contributed by atoms with Crippen molar-refractivity contribution in [1.29, 1.82) is 0 Å². The SMILES string of the molecule is CO[C@H](C(C)OC(C)(C)C[C@H](C)/C=C/C=C(\C)[C@H]1O[C@@H](CNC(=O)CCOCCOCCCN2C(=O)C=CC2=O)CC[C@@H]1C)[C@@H](C)O. The lowest BCUT2D eigenvalue weighted by Gasteiger charge is -2.35. The van der Waals surface area contributed by atoms with Crippen molar-refractivity contribution in [2.45, 2.75) is 117 Å². The number of nitrogens with one attached hydrogen (secondary N) is 1. The van der Waals surface area contributed by atoms with E-state index in [9.17, 15) is 19.5 Å². The summed E-state index contributed by atoms with van der Waals surface area (Å²) < 4.78 is 29.1. The molecule has 2 aliphatic rings. The van der Waals surface area contributed by atoms with Crippen molar-refractivity contribution in [1.82, 2.24) is 10.2 Å². The summed E-state index contributed by atoms with van der Waals surface area (Å²) in [6.07, 6.45) is 11.2. The van der Waals surface area contributed by atoms with E-state index in [1.54, 1.807) is 14.0 Å². The van der Waals surface area contributed by atoms with E-state index in [0.717, 1.165) is 24.8 Å². The van der Waals surface area contributed by atoms with Crippen LogP contribution in [0.3, 0.4) is 0 Å². The van der Waals surface area contributed by atoms with Gasteiger partial charge in [0.1, 0.15) is 6.10 Å². The molecule has 0 aromatic rings. The smallest absolute Gasteiger partial charge is 0.253 e. The lowest BCUT2D eigenvalue weighted by atomic mass is 9.89. The van der Waals surface area contributed by atoms with Gasteiger partial charge in [0.05, 0.1) is 49.8 Å². The molecule has 0 saturated carbocycles. The minimum Gasteiger partial charge on any atom is -0.391 e. The van der Waals surface area contributed by atoms with Crippen LogP contribution < -0.4 is 5.32 Å². The minimum absolute atomic E-state index is 0.00555. The van der Waals surface area contributed by atoms with E-state index in [-0.39, 0.29) is 60.1 Å². The summed E-state index contributed by atoms with van der Waals surface area (Å²) in [6.45, 7) is 16.5. The van der Waals surface area contributed by atoms with E-state index in [1.165, 1.54) is 17.1 Å². The van der Waals surface area contributed by atoms with Gasteiger partial charge in [-0.2, -0.15) is 0 Å². The lowest BCUT2D eigenvalue weighted by Crippen LogP contribution is -2.42. The molecule has 47 heavy (non-hydrogen) atoms. The van der Waals surface area contributed by atoms with Gasteiger partial charge in [-0.3, -0.25) is 19.3 Å². The second kappa shape index (κ2) is 20.8. The predicted molar refractivity (Wildman–Crippen MR) is 181 cm³/mol. The van der Waals surface area contributed by atoms with Crippen molar-refractivity contribution in [2.75, 3.05) is 46.6 Å². The molecule has 0 radical (unpaired) electrons. The Kier molecular flexibility index (Phi) is 18.1. The molecule has 2 rings (SSSR count). The van der Waals surface area contributed by atoms with Gasteiger partial charge in [0, 0.05) is 45.4 Å². The Bertz CT molecular complexity index is 1050. The Labute approximate surface area is 282 Å². The molecular formula is C36H60N2O9. The van der Waals surface area contributed by atoms with Crippen LogP contribution >= 0.6 is 0 Å². The molecule has 0 bridgehead atoms. The van der Waals surface area contributed by atoms with Gasteiger partial charge < -0.3 is 34.1 Å². The number of hydrogen-bond acceptors (Lipinski definition) is 9. The van der Waals surface area contributed by atoms with Gasteiger partial charge in [-0.1, -0.05) is 32.1 Å². The maximum atomic E-state index is 12.4. The van der Waals surface area contributed by atoms with Crippen molar-refractivity contribution in [3.8, 4) is 0 Å². The molecule has 2 N–H and O–H groups in total. The van der Waals surface area contributed by atoms with Gasteiger partial charge >= 0.3 is 0 Å². The summed E-state index contributed by atoms with van der Waals surface area (Å²) >= 11 is 0. The second-order valence-electron chi connectivity index (χ2n) is 13.5. The van der Waals surface area contributed by atoms with Crippen LogP contribution in [0.4, 0.5) is 0 Å². The van der Waals surface area contributed by atoms with Crippen LogP contribution in [-0.4, -0.2) is 110 Å². The maximum absolute atomic E-state index is 12.4. The first-order valence-electron chi connectivity index (χ1n) is 17.1. The molecule has 7 atom stereocenters. The van der Waals surface area contributed by atoms with E-state index in [4.69, 9.17) is 23.7 Å². The molecule has 0 spiro atoms. The molecule has 11 heteroatoms. The fraction of sp³-hybridized carbons (Fsp3) is 0.750. The third-order valence-electron chi connectivity index (χ3n) is 8.52. The van der Waals surface area contributed by atoms with Gasteiger partial charge in [-0.05, 0) is 77.7 Å². The number of aliphatic hydroxyl groups is 1. The van der Waals surface area contributed by atoms with Gasteiger partial charge in [0.25, 0.3) is 11.8 Å². The van der Waals surface area contributed by atoms with Crippen LogP contribution in [0.5, 0.6) is 0 Å². The lowest BCUT2D eigenvalue weighted by molar-refractivity contribution is -0.149. The normalized spacial score (nSPS) is 23.4. The molecule has 3 amide bonds. The molecule has 11 nitrogen and oxygen atoms in total. The number of hydrogen-bond donors (Lipinski definition) is 2. The average molecular weight is 665 g/mol. The van der Waals surface area contributed by atoms with Gasteiger partial charge in [-0.25, -0.2) is 0 Å². The fourth-order valence-electron chi connectivity index (χ4n) is 6.23. The van der Waals surface area contributed by atoms with E-state index in [1.807, 2.05) is 6.92 Å². The second-order valence-corrected chi connectivity index (χ2v) is 13.5. The van der Waals surface area contributed by atoms with E-state index >= 15 is 0 Å². The fourth-order valence-corrected chi connectivity index (χ4v) is 6.23. The monoisotopic (exact) mass is 664 g/mol. The minimum atomic E-state index is -0.612. The van der Waals surface area contributed by atoms with Crippen molar-refractivity contribution >= 4 is 17.7 Å². The average Bonchev–Trinajstić information content (AvgIpc) is 3.31. The molecule has 0 aromatic carbocycles. The van der Waals surface area contributed by atoms with Crippen LogP contribution in [0.15, 0.2) is 36.0 Å². The Morgan fingerprint density at radius 1 is 1.11 bits per heavy atom. The highest BCUT2D eigenvalue weighted by atomic mass is 16.6. The predicted octanol–water partition coefficient (Wildman–Crippen LogP) is 4.13. The number of methoxy groups -OCH3 is 1. The number of ether oxygens (including phenoxy) is 5. The van der Waals surface area contributed by atoms with Crippen LogP contribution in [-0.2, 0) is 38.1 Å². The largest absolute Gasteiger partial charge is 0.391 e. The van der Waals surface area contributed by atoms with E-state index < -0.39 is 6.10 Å². The van der Waals surface area contributed by atoms with E-state index in [2.05, 4.69) is 58.2 Å². The van der Waals surface area contributed by atoms with Crippen molar-refractivity contribution in [2.24, 2.45) is 11.8 Å². The summed E-state index contributed by atoms with van der Waals surface area (Å²) in [5.41, 5.74) is 0.777. The van der Waals surface area contributed by atoms with Crippen molar-refractivity contribution in [3.63, 3.8) is 0 Å². The number of allylic oxidation sites excluding steroid dienone is 3. The number of carbonyl (C=O) groups is 3. The highest BCUT2D eigenvalue weighted by Gasteiger charge is 2.31.